The summed E-state index contributed by atoms with van der Waals surface area (Å²) in [5.74, 6) is 0. The van der Waals surface area contributed by atoms with Crippen molar-refractivity contribution in [1.29, 1.82) is 0 Å². The smallest absolute Gasteiger partial charge is 0.323 e. The number of anilines is 3. The number of amides is 2. The summed E-state index contributed by atoms with van der Waals surface area (Å²) in [6.45, 7) is 2.03. The topological polar surface area (TPSA) is 44.4 Å². The van der Waals surface area contributed by atoms with Gasteiger partial charge in [-0.3, -0.25) is 0 Å². The minimum Gasteiger partial charge on any atom is -0.364 e. The highest BCUT2D eigenvalue weighted by atomic mass is 79.9. The van der Waals surface area contributed by atoms with Crippen molar-refractivity contribution in [2.75, 3.05) is 15.5 Å². The average molecular weight is 400 g/mol. The zero-order valence-electron chi connectivity index (χ0n) is 14.3. The number of nitrogens with zero attached hydrogens (tertiary/aromatic N) is 1. The standard InChI is InChI=1S/C20H22BrN3O/c1-13-2-5-15(6-3-13)22-20(25)23-18-12-14(21)4-11-19(18)24(16-7-8-16)17-9-10-17/h2-6,11-12,16-17H,7-10H2,1H3,(H2,22,23,25). The molecule has 0 aliphatic heterocycles. The SMILES string of the molecule is Cc1ccc(NC(=O)Nc2cc(Br)ccc2N(C2CC2)C2CC2)cc1. The molecule has 130 valence electrons. The third-order valence-electron chi connectivity index (χ3n) is 4.67. The molecule has 0 spiro atoms. The van der Waals surface area contributed by atoms with E-state index in [1.807, 2.05) is 37.3 Å². The van der Waals surface area contributed by atoms with Gasteiger partial charge >= 0.3 is 6.03 Å². The first kappa shape index (κ1) is 16.5. The van der Waals surface area contributed by atoms with Crippen LogP contribution in [0.3, 0.4) is 0 Å². The minimum atomic E-state index is -0.213. The number of nitrogens with one attached hydrogen (secondary N) is 2. The predicted molar refractivity (Wildman–Crippen MR) is 106 cm³/mol. The van der Waals surface area contributed by atoms with E-state index in [1.165, 1.54) is 31.2 Å². The summed E-state index contributed by atoms with van der Waals surface area (Å²) < 4.78 is 0.966. The van der Waals surface area contributed by atoms with Crippen LogP contribution in [0.5, 0.6) is 0 Å². The third-order valence-corrected chi connectivity index (χ3v) is 5.17. The number of benzene rings is 2. The quantitative estimate of drug-likeness (QED) is 0.693. The normalized spacial score (nSPS) is 16.4. The molecular weight excluding hydrogens is 378 g/mol. The fourth-order valence-corrected chi connectivity index (χ4v) is 3.51. The van der Waals surface area contributed by atoms with Crippen molar-refractivity contribution < 1.29 is 4.79 Å². The van der Waals surface area contributed by atoms with Crippen molar-refractivity contribution in [3.05, 3.63) is 52.5 Å². The average Bonchev–Trinajstić information content (AvgIpc) is 3.46. The van der Waals surface area contributed by atoms with Crippen LogP contribution in [0.1, 0.15) is 31.2 Å². The molecule has 0 aromatic heterocycles. The molecule has 25 heavy (non-hydrogen) atoms. The number of carbonyl (C=O) groups is 1. The third kappa shape index (κ3) is 3.98. The number of carbonyl (C=O) groups excluding carboxylic acids is 1. The van der Waals surface area contributed by atoms with Crippen molar-refractivity contribution in [1.82, 2.24) is 0 Å². The van der Waals surface area contributed by atoms with Gasteiger partial charge in [0.25, 0.3) is 0 Å². The summed E-state index contributed by atoms with van der Waals surface area (Å²) in [4.78, 5) is 15.0. The predicted octanol–water partition coefficient (Wildman–Crippen LogP) is 5.53. The van der Waals surface area contributed by atoms with Crippen molar-refractivity contribution in [3.8, 4) is 0 Å². The van der Waals surface area contributed by atoms with Crippen LogP contribution in [0.4, 0.5) is 21.9 Å². The number of hydrogen-bond donors (Lipinski definition) is 2. The zero-order chi connectivity index (χ0) is 17.4. The second-order valence-electron chi connectivity index (χ2n) is 6.98. The Hall–Kier alpha value is -2.01. The Balaban J connectivity index is 1.53. The molecule has 2 aliphatic carbocycles. The van der Waals surface area contributed by atoms with Crippen molar-refractivity contribution in [2.45, 2.75) is 44.7 Å². The second-order valence-corrected chi connectivity index (χ2v) is 7.89. The monoisotopic (exact) mass is 399 g/mol. The Morgan fingerprint density at radius 2 is 1.64 bits per heavy atom. The number of halogens is 1. The molecule has 2 aromatic rings. The van der Waals surface area contributed by atoms with E-state index in [1.54, 1.807) is 0 Å². The van der Waals surface area contributed by atoms with Crippen LogP contribution < -0.4 is 15.5 Å². The summed E-state index contributed by atoms with van der Waals surface area (Å²) in [6, 6.07) is 15.0. The van der Waals surface area contributed by atoms with Crippen LogP contribution in [0.2, 0.25) is 0 Å². The van der Waals surface area contributed by atoms with Gasteiger partial charge in [0.2, 0.25) is 0 Å². The van der Waals surface area contributed by atoms with E-state index in [0.717, 1.165) is 21.5 Å². The molecule has 4 nitrogen and oxygen atoms in total. The fraction of sp³-hybridized carbons (Fsp3) is 0.350. The first-order chi connectivity index (χ1) is 12.1. The molecule has 2 fully saturated rings. The lowest BCUT2D eigenvalue weighted by Gasteiger charge is -2.27. The van der Waals surface area contributed by atoms with E-state index < -0.39 is 0 Å². The fourth-order valence-electron chi connectivity index (χ4n) is 3.15. The Kier molecular flexibility index (Phi) is 4.42. The van der Waals surface area contributed by atoms with Gasteiger partial charge in [-0.2, -0.15) is 0 Å². The molecule has 4 rings (SSSR count). The molecule has 2 aromatic carbocycles. The van der Waals surface area contributed by atoms with Crippen LogP contribution >= 0.6 is 15.9 Å². The minimum absolute atomic E-state index is 0.213. The molecule has 2 N–H and O–H groups in total. The molecular formula is C20H22BrN3O. The zero-order valence-corrected chi connectivity index (χ0v) is 15.8. The summed E-state index contributed by atoms with van der Waals surface area (Å²) in [6.07, 6.45) is 5.01. The largest absolute Gasteiger partial charge is 0.364 e. The van der Waals surface area contributed by atoms with Crippen LogP contribution in [0, 0.1) is 6.92 Å². The van der Waals surface area contributed by atoms with Crippen molar-refractivity contribution in [2.24, 2.45) is 0 Å². The Morgan fingerprint density at radius 1 is 1.00 bits per heavy atom. The van der Waals surface area contributed by atoms with E-state index >= 15 is 0 Å². The van der Waals surface area contributed by atoms with Gasteiger partial charge < -0.3 is 15.5 Å². The van der Waals surface area contributed by atoms with Gasteiger partial charge in [-0.15, -0.1) is 0 Å². The summed E-state index contributed by atoms with van der Waals surface area (Å²) in [5.41, 5.74) is 3.95. The van der Waals surface area contributed by atoms with E-state index in [-0.39, 0.29) is 6.03 Å². The Morgan fingerprint density at radius 3 is 2.24 bits per heavy atom. The molecule has 0 heterocycles. The van der Waals surface area contributed by atoms with E-state index in [9.17, 15) is 4.79 Å². The molecule has 0 radical (unpaired) electrons. The maximum atomic E-state index is 12.5. The molecule has 0 unspecified atom stereocenters. The highest BCUT2D eigenvalue weighted by molar-refractivity contribution is 9.10. The first-order valence-corrected chi connectivity index (χ1v) is 9.62. The number of urea groups is 1. The van der Waals surface area contributed by atoms with Gasteiger partial charge in [0.1, 0.15) is 0 Å². The van der Waals surface area contributed by atoms with Gasteiger partial charge in [0, 0.05) is 22.2 Å². The van der Waals surface area contributed by atoms with Crippen LogP contribution in [0.15, 0.2) is 46.9 Å². The van der Waals surface area contributed by atoms with Gasteiger partial charge in [-0.1, -0.05) is 33.6 Å². The molecule has 0 saturated heterocycles. The van der Waals surface area contributed by atoms with Crippen LogP contribution in [-0.4, -0.2) is 18.1 Å². The summed E-state index contributed by atoms with van der Waals surface area (Å²) in [7, 11) is 0. The second kappa shape index (κ2) is 6.71. The molecule has 0 bridgehead atoms. The summed E-state index contributed by atoms with van der Waals surface area (Å²) >= 11 is 3.53. The number of rotatable bonds is 5. The van der Waals surface area contributed by atoms with Gasteiger partial charge in [0.05, 0.1) is 11.4 Å². The lowest BCUT2D eigenvalue weighted by atomic mass is 10.2. The number of aryl methyl sites for hydroxylation is 1. The molecule has 2 aliphatic rings. The van der Waals surface area contributed by atoms with Gasteiger partial charge in [-0.05, 0) is 62.9 Å². The molecule has 2 saturated carbocycles. The van der Waals surface area contributed by atoms with E-state index in [4.69, 9.17) is 0 Å². The highest BCUT2D eigenvalue weighted by Gasteiger charge is 2.40. The molecule has 2 amide bonds. The first-order valence-electron chi connectivity index (χ1n) is 8.83. The van der Waals surface area contributed by atoms with Crippen LogP contribution in [0.25, 0.3) is 0 Å². The molecule has 0 atom stereocenters. The van der Waals surface area contributed by atoms with Gasteiger partial charge in [0.15, 0.2) is 0 Å². The van der Waals surface area contributed by atoms with E-state index in [0.29, 0.717) is 12.1 Å². The maximum absolute atomic E-state index is 12.5. The Bertz CT molecular complexity index is 770. The van der Waals surface area contributed by atoms with Gasteiger partial charge in [-0.25, -0.2) is 4.79 Å². The van der Waals surface area contributed by atoms with Crippen LogP contribution in [-0.2, 0) is 0 Å². The lowest BCUT2D eigenvalue weighted by molar-refractivity contribution is 0.262. The maximum Gasteiger partial charge on any atom is 0.323 e. The van der Waals surface area contributed by atoms with E-state index in [2.05, 4.69) is 43.6 Å². The van der Waals surface area contributed by atoms with Crippen molar-refractivity contribution >= 4 is 39.0 Å². The highest BCUT2D eigenvalue weighted by Crippen LogP contribution is 2.44. The molecule has 5 heteroatoms. The number of hydrogen-bond acceptors (Lipinski definition) is 2. The lowest BCUT2D eigenvalue weighted by Crippen LogP contribution is -2.30. The summed E-state index contributed by atoms with van der Waals surface area (Å²) in [5, 5.41) is 5.95. The Labute approximate surface area is 156 Å². The van der Waals surface area contributed by atoms with Crippen molar-refractivity contribution in [3.63, 3.8) is 0 Å².